The molecule has 3 heteroatoms. The van der Waals surface area contributed by atoms with Gasteiger partial charge in [-0.1, -0.05) is 40.0 Å². The number of carbonyl (C=O) groups is 1. The molecule has 112 valence electrons. The average molecular weight is 270 g/mol. The molecule has 1 fully saturated rings. The van der Waals surface area contributed by atoms with Crippen LogP contribution < -0.4 is 0 Å². The molecule has 0 radical (unpaired) electrons. The van der Waals surface area contributed by atoms with Crippen molar-refractivity contribution >= 4 is 5.78 Å². The van der Waals surface area contributed by atoms with E-state index < -0.39 is 0 Å². The minimum atomic E-state index is -0.218. The van der Waals surface area contributed by atoms with Crippen LogP contribution in [-0.2, 0) is 14.3 Å². The Morgan fingerprint density at radius 1 is 1.05 bits per heavy atom. The Labute approximate surface area is 118 Å². The molecule has 1 rings (SSSR count). The summed E-state index contributed by atoms with van der Waals surface area (Å²) in [5, 5.41) is 0. The fraction of sp³-hybridized carbons (Fsp3) is 0.938. The Bertz CT molecular complexity index is 249. The lowest BCUT2D eigenvalue weighted by molar-refractivity contribution is -0.126. The number of hydrogen-bond acceptors (Lipinski definition) is 3. The van der Waals surface area contributed by atoms with Gasteiger partial charge in [0.2, 0.25) is 0 Å². The molecule has 0 N–H and O–H groups in total. The van der Waals surface area contributed by atoms with E-state index in [0.29, 0.717) is 38.1 Å². The minimum Gasteiger partial charge on any atom is -0.379 e. The molecule has 0 amide bonds. The first-order chi connectivity index (χ1) is 9.00. The third kappa shape index (κ3) is 7.68. The van der Waals surface area contributed by atoms with Gasteiger partial charge in [0, 0.05) is 18.4 Å². The van der Waals surface area contributed by atoms with E-state index in [9.17, 15) is 4.79 Å². The van der Waals surface area contributed by atoms with Gasteiger partial charge in [0.05, 0.1) is 19.3 Å². The van der Waals surface area contributed by atoms with Gasteiger partial charge in [0.1, 0.15) is 5.78 Å². The number of ketones is 1. The number of hydrogen-bond donors (Lipinski definition) is 0. The standard InChI is InChI=1S/C16H30O3/c1-16(2,3)15(17)10-7-11-18-12-13-19-14-8-5-4-6-9-14/h14H,4-13H2,1-3H3. The van der Waals surface area contributed by atoms with Gasteiger partial charge >= 0.3 is 0 Å². The third-order valence-electron chi connectivity index (χ3n) is 3.66. The highest BCUT2D eigenvalue weighted by atomic mass is 16.5. The molecule has 19 heavy (non-hydrogen) atoms. The van der Waals surface area contributed by atoms with Crippen LogP contribution in [0.3, 0.4) is 0 Å². The van der Waals surface area contributed by atoms with Gasteiger partial charge in [0.25, 0.3) is 0 Å². The predicted molar refractivity (Wildman–Crippen MR) is 77.3 cm³/mol. The molecule has 0 saturated heterocycles. The molecule has 0 aliphatic heterocycles. The van der Waals surface area contributed by atoms with Crippen molar-refractivity contribution in [3.05, 3.63) is 0 Å². The number of ether oxygens (including phenoxy) is 2. The maximum absolute atomic E-state index is 11.7. The zero-order chi connectivity index (χ0) is 14.1. The number of carbonyl (C=O) groups excluding carboxylic acids is 1. The van der Waals surface area contributed by atoms with Crippen molar-refractivity contribution in [3.63, 3.8) is 0 Å². The molecule has 0 heterocycles. The molecule has 0 unspecified atom stereocenters. The highest BCUT2D eigenvalue weighted by Crippen LogP contribution is 2.20. The van der Waals surface area contributed by atoms with Crippen molar-refractivity contribution in [2.24, 2.45) is 5.41 Å². The van der Waals surface area contributed by atoms with Crippen molar-refractivity contribution in [2.45, 2.75) is 71.8 Å². The molecule has 0 bridgehead atoms. The largest absolute Gasteiger partial charge is 0.379 e. The van der Waals surface area contributed by atoms with E-state index in [0.717, 1.165) is 6.42 Å². The van der Waals surface area contributed by atoms with E-state index in [1.807, 2.05) is 20.8 Å². The molecule has 0 aromatic heterocycles. The summed E-state index contributed by atoms with van der Waals surface area (Å²) in [7, 11) is 0. The van der Waals surface area contributed by atoms with E-state index in [1.165, 1.54) is 32.1 Å². The molecule has 3 nitrogen and oxygen atoms in total. The highest BCUT2D eigenvalue weighted by molar-refractivity contribution is 5.83. The first kappa shape index (κ1) is 16.6. The summed E-state index contributed by atoms with van der Waals surface area (Å²) >= 11 is 0. The molecule has 1 aliphatic carbocycles. The van der Waals surface area contributed by atoms with Crippen LogP contribution >= 0.6 is 0 Å². The molecule has 0 aromatic carbocycles. The van der Waals surface area contributed by atoms with Crippen LogP contribution in [0.5, 0.6) is 0 Å². The van der Waals surface area contributed by atoms with Crippen molar-refractivity contribution in [1.29, 1.82) is 0 Å². The predicted octanol–water partition coefficient (Wildman–Crippen LogP) is 3.75. The molecule has 1 aliphatic rings. The summed E-state index contributed by atoms with van der Waals surface area (Å²) in [6.45, 7) is 7.91. The summed E-state index contributed by atoms with van der Waals surface area (Å²) in [6, 6.07) is 0. The van der Waals surface area contributed by atoms with Crippen molar-refractivity contribution < 1.29 is 14.3 Å². The van der Waals surface area contributed by atoms with Gasteiger partial charge < -0.3 is 9.47 Å². The lowest BCUT2D eigenvalue weighted by Crippen LogP contribution is -2.21. The number of rotatable bonds is 8. The lowest BCUT2D eigenvalue weighted by Gasteiger charge is -2.21. The Hall–Kier alpha value is -0.410. The van der Waals surface area contributed by atoms with Gasteiger partial charge in [-0.05, 0) is 19.3 Å². The third-order valence-corrected chi connectivity index (χ3v) is 3.66. The summed E-state index contributed by atoms with van der Waals surface area (Å²) in [5.74, 6) is 0.314. The summed E-state index contributed by atoms with van der Waals surface area (Å²) < 4.78 is 11.3. The summed E-state index contributed by atoms with van der Waals surface area (Å²) in [6.07, 6.45) is 8.28. The fourth-order valence-electron chi connectivity index (χ4n) is 2.32. The van der Waals surface area contributed by atoms with Gasteiger partial charge in [-0.25, -0.2) is 0 Å². The second-order valence-electron chi connectivity index (χ2n) is 6.52. The van der Waals surface area contributed by atoms with Crippen LogP contribution in [0.15, 0.2) is 0 Å². The van der Waals surface area contributed by atoms with Crippen LogP contribution in [-0.4, -0.2) is 31.7 Å². The van der Waals surface area contributed by atoms with Gasteiger partial charge in [-0.2, -0.15) is 0 Å². The SMILES string of the molecule is CC(C)(C)C(=O)CCCOCCOC1CCCCC1. The van der Waals surface area contributed by atoms with Crippen LogP contribution in [0.4, 0.5) is 0 Å². The zero-order valence-corrected chi connectivity index (χ0v) is 12.9. The highest BCUT2D eigenvalue weighted by Gasteiger charge is 2.20. The van der Waals surface area contributed by atoms with E-state index >= 15 is 0 Å². The summed E-state index contributed by atoms with van der Waals surface area (Å²) in [4.78, 5) is 11.7. The fourth-order valence-corrected chi connectivity index (χ4v) is 2.32. The van der Waals surface area contributed by atoms with Gasteiger partial charge in [-0.15, -0.1) is 0 Å². The first-order valence-corrected chi connectivity index (χ1v) is 7.73. The van der Waals surface area contributed by atoms with Crippen LogP contribution in [0, 0.1) is 5.41 Å². The Balaban J connectivity index is 1.90. The smallest absolute Gasteiger partial charge is 0.138 e. The molecule has 1 saturated carbocycles. The monoisotopic (exact) mass is 270 g/mol. The van der Waals surface area contributed by atoms with Gasteiger partial charge in [-0.3, -0.25) is 4.79 Å². The van der Waals surface area contributed by atoms with Crippen molar-refractivity contribution in [3.8, 4) is 0 Å². The van der Waals surface area contributed by atoms with Crippen LogP contribution in [0.1, 0.15) is 65.7 Å². The van der Waals surface area contributed by atoms with Crippen molar-refractivity contribution in [1.82, 2.24) is 0 Å². The second-order valence-corrected chi connectivity index (χ2v) is 6.52. The lowest BCUT2D eigenvalue weighted by atomic mass is 9.88. The Morgan fingerprint density at radius 2 is 1.74 bits per heavy atom. The molecule has 0 spiro atoms. The summed E-state index contributed by atoms with van der Waals surface area (Å²) in [5.41, 5.74) is -0.218. The molecular formula is C16H30O3. The molecule has 0 aromatic rings. The normalized spacial score (nSPS) is 17.6. The first-order valence-electron chi connectivity index (χ1n) is 7.73. The van der Waals surface area contributed by atoms with E-state index in [-0.39, 0.29) is 5.41 Å². The quantitative estimate of drug-likeness (QED) is 0.630. The zero-order valence-electron chi connectivity index (χ0n) is 12.9. The topological polar surface area (TPSA) is 35.5 Å². The number of Topliss-reactive ketones (excluding diaryl/α,β-unsaturated/α-hetero) is 1. The van der Waals surface area contributed by atoms with E-state index in [4.69, 9.17) is 9.47 Å². The van der Waals surface area contributed by atoms with E-state index in [1.54, 1.807) is 0 Å². The average Bonchev–Trinajstić information content (AvgIpc) is 2.37. The Kier molecular flexibility index (Phi) is 7.62. The van der Waals surface area contributed by atoms with E-state index in [2.05, 4.69) is 0 Å². The Morgan fingerprint density at radius 3 is 2.37 bits per heavy atom. The van der Waals surface area contributed by atoms with Crippen LogP contribution in [0.25, 0.3) is 0 Å². The van der Waals surface area contributed by atoms with Gasteiger partial charge in [0.15, 0.2) is 0 Å². The second kappa shape index (κ2) is 8.70. The maximum Gasteiger partial charge on any atom is 0.138 e. The minimum absolute atomic E-state index is 0.218. The maximum atomic E-state index is 11.7. The molecular weight excluding hydrogens is 240 g/mol. The van der Waals surface area contributed by atoms with Crippen molar-refractivity contribution in [2.75, 3.05) is 19.8 Å². The van der Waals surface area contributed by atoms with Crippen LogP contribution in [0.2, 0.25) is 0 Å². The molecule has 0 atom stereocenters.